The van der Waals surface area contributed by atoms with Crippen molar-refractivity contribution in [3.05, 3.63) is 24.0 Å². The first-order chi connectivity index (χ1) is 14.5. The SMILES string of the molecule is C[C@@]1(N)[C@H](O)[C@@H](COP(=O)(O)OP(=O)(O)OP(=O)(O)O)O[C@H]1c1cnn2c(N)ccnc12. The van der Waals surface area contributed by atoms with Gasteiger partial charge in [0.1, 0.15) is 24.1 Å². The molecular formula is C12H20N5O12P3. The number of hydrogen-bond donors (Lipinski definition) is 7. The van der Waals surface area contributed by atoms with Crippen LogP contribution in [0, 0.1) is 0 Å². The van der Waals surface area contributed by atoms with Crippen LogP contribution >= 0.6 is 23.5 Å². The number of aromatic nitrogens is 3. The van der Waals surface area contributed by atoms with Gasteiger partial charge < -0.3 is 40.9 Å². The second-order valence-corrected chi connectivity index (χ2v) is 11.4. The Kier molecular flexibility index (Phi) is 6.72. The highest BCUT2D eigenvalue weighted by atomic mass is 31.3. The zero-order valence-corrected chi connectivity index (χ0v) is 18.8. The molecule has 9 N–H and O–H groups in total. The summed E-state index contributed by atoms with van der Waals surface area (Å²) in [5.41, 5.74) is 11.2. The van der Waals surface area contributed by atoms with Crippen LogP contribution in [0.2, 0.25) is 0 Å². The molecule has 0 aliphatic carbocycles. The molecule has 32 heavy (non-hydrogen) atoms. The van der Waals surface area contributed by atoms with Gasteiger partial charge in [-0.1, -0.05) is 0 Å². The minimum atomic E-state index is -5.68. The van der Waals surface area contributed by atoms with Crippen LogP contribution in [-0.4, -0.2) is 63.6 Å². The molecule has 180 valence electrons. The fourth-order valence-corrected chi connectivity index (χ4v) is 6.10. The second-order valence-electron chi connectivity index (χ2n) is 6.96. The fraction of sp³-hybridized carbons (Fsp3) is 0.500. The van der Waals surface area contributed by atoms with Gasteiger partial charge in [-0.25, -0.2) is 18.7 Å². The number of anilines is 1. The Hall–Kier alpha value is -1.29. The first-order valence-electron chi connectivity index (χ1n) is 8.51. The molecule has 1 fully saturated rings. The highest BCUT2D eigenvalue weighted by molar-refractivity contribution is 7.66. The number of fused-ring (bicyclic) bond motifs is 1. The predicted molar refractivity (Wildman–Crippen MR) is 103 cm³/mol. The summed E-state index contributed by atoms with van der Waals surface area (Å²) in [4.78, 5) is 40.0. The quantitative estimate of drug-likeness (QED) is 0.210. The summed E-state index contributed by atoms with van der Waals surface area (Å²) in [5, 5.41) is 14.6. The number of aliphatic hydroxyl groups excluding tert-OH is 1. The molecule has 6 atom stereocenters. The Morgan fingerprint density at radius 2 is 1.88 bits per heavy atom. The third-order valence-corrected chi connectivity index (χ3v) is 8.23. The van der Waals surface area contributed by atoms with Gasteiger partial charge in [0.25, 0.3) is 0 Å². The molecule has 0 radical (unpaired) electrons. The van der Waals surface area contributed by atoms with E-state index in [1.807, 2.05) is 0 Å². The third-order valence-electron chi connectivity index (χ3n) is 4.42. The Balaban J connectivity index is 1.74. The molecular weight excluding hydrogens is 499 g/mol. The van der Waals surface area contributed by atoms with Crippen LogP contribution in [0.5, 0.6) is 0 Å². The summed E-state index contributed by atoms with van der Waals surface area (Å²) in [6, 6.07) is 1.50. The molecule has 17 nitrogen and oxygen atoms in total. The monoisotopic (exact) mass is 519 g/mol. The van der Waals surface area contributed by atoms with Crippen molar-refractivity contribution in [2.45, 2.75) is 30.8 Å². The van der Waals surface area contributed by atoms with Gasteiger partial charge >= 0.3 is 23.5 Å². The van der Waals surface area contributed by atoms with E-state index in [0.29, 0.717) is 5.56 Å². The molecule has 0 amide bonds. The lowest BCUT2D eigenvalue weighted by Crippen LogP contribution is -2.50. The maximum Gasteiger partial charge on any atom is 0.490 e. The van der Waals surface area contributed by atoms with Crippen molar-refractivity contribution in [3.8, 4) is 0 Å². The zero-order valence-electron chi connectivity index (χ0n) is 16.1. The van der Waals surface area contributed by atoms with Crippen LogP contribution in [-0.2, 0) is 31.6 Å². The van der Waals surface area contributed by atoms with E-state index in [4.69, 9.17) is 26.0 Å². The first-order valence-corrected chi connectivity index (χ1v) is 13.0. The average molecular weight is 519 g/mol. The lowest BCUT2D eigenvalue weighted by Gasteiger charge is -2.27. The summed E-state index contributed by atoms with van der Waals surface area (Å²) in [7, 11) is -16.6. The Morgan fingerprint density at radius 1 is 1.22 bits per heavy atom. The van der Waals surface area contributed by atoms with Gasteiger partial charge in [0.2, 0.25) is 0 Å². The third kappa shape index (κ3) is 5.43. The van der Waals surface area contributed by atoms with Crippen molar-refractivity contribution in [1.29, 1.82) is 0 Å². The van der Waals surface area contributed by atoms with E-state index in [1.165, 1.54) is 29.9 Å². The first kappa shape index (κ1) is 25.3. The zero-order chi connectivity index (χ0) is 24.1. The van der Waals surface area contributed by atoms with E-state index in [1.54, 1.807) is 0 Å². The number of ether oxygens (including phenoxy) is 1. The van der Waals surface area contributed by atoms with Crippen molar-refractivity contribution in [2.24, 2.45) is 5.73 Å². The van der Waals surface area contributed by atoms with E-state index in [2.05, 4.69) is 23.2 Å². The Bertz CT molecular complexity index is 1150. The topological polar surface area (TPSA) is 272 Å². The van der Waals surface area contributed by atoms with Gasteiger partial charge in [0.05, 0.1) is 18.3 Å². The van der Waals surface area contributed by atoms with E-state index in [0.717, 1.165) is 0 Å². The molecule has 1 aliphatic rings. The van der Waals surface area contributed by atoms with Gasteiger partial charge in [0, 0.05) is 11.8 Å². The van der Waals surface area contributed by atoms with Gasteiger partial charge in [-0.05, 0) is 13.0 Å². The van der Waals surface area contributed by atoms with Gasteiger partial charge in [-0.15, -0.1) is 0 Å². The second kappa shape index (κ2) is 8.49. The van der Waals surface area contributed by atoms with Crippen molar-refractivity contribution >= 4 is 34.9 Å². The minimum absolute atomic E-state index is 0.266. The molecule has 0 aromatic carbocycles. The smallest absolute Gasteiger partial charge is 0.388 e. The van der Waals surface area contributed by atoms with Crippen molar-refractivity contribution in [3.63, 3.8) is 0 Å². The van der Waals surface area contributed by atoms with E-state index < -0.39 is 53.9 Å². The number of nitrogens with two attached hydrogens (primary N) is 2. The molecule has 2 aromatic heterocycles. The number of nitrogens with zero attached hydrogens (tertiary/aromatic N) is 3. The predicted octanol–water partition coefficient (Wildman–Crippen LogP) is -0.827. The van der Waals surface area contributed by atoms with Crippen LogP contribution in [0.3, 0.4) is 0 Å². The lowest BCUT2D eigenvalue weighted by atomic mass is 9.87. The van der Waals surface area contributed by atoms with Crippen molar-refractivity contribution < 1.29 is 56.3 Å². The van der Waals surface area contributed by atoms with Gasteiger partial charge in [0.15, 0.2) is 5.65 Å². The van der Waals surface area contributed by atoms with Crippen LogP contribution < -0.4 is 11.5 Å². The molecule has 1 saturated heterocycles. The summed E-state index contributed by atoms with van der Waals surface area (Å²) in [6.07, 6.45) is -1.06. The standard InChI is InChI=1S/C12H20N5O12P3/c1-12(14)9(18)7(5-26-31(22,23)29-32(24,25)28-30(19,20)21)27-10(12)6-4-16-17-8(13)2-3-15-11(6)17/h2-4,7,9-10,18H,5,13-14H2,1H3,(H,22,23)(H,24,25)(H2,19,20,21)/t7-,9-,10+,12-/m1/s1. The summed E-state index contributed by atoms with van der Waals surface area (Å²) < 4.78 is 52.7. The number of nitrogen functional groups attached to an aromatic ring is 1. The van der Waals surface area contributed by atoms with Gasteiger partial charge in [-0.2, -0.15) is 18.2 Å². The van der Waals surface area contributed by atoms with Crippen LogP contribution in [0.25, 0.3) is 5.65 Å². The van der Waals surface area contributed by atoms with E-state index in [-0.39, 0.29) is 11.5 Å². The lowest BCUT2D eigenvalue weighted by molar-refractivity contribution is -0.0218. The van der Waals surface area contributed by atoms with E-state index >= 15 is 0 Å². The minimum Gasteiger partial charge on any atom is -0.388 e. The molecule has 20 heteroatoms. The molecule has 2 unspecified atom stereocenters. The Labute approximate surface area is 179 Å². The van der Waals surface area contributed by atoms with Crippen molar-refractivity contribution in [2.75, 3.05) is 12.3 Å². The number of phosphoric acid groups is 3. The maximum absolute atomic E-state index is 11.9. The summed E-state index contributed by atoms with van der Waals surface area (Å²) in [5.74, 6) is 0.266. The number of aliphatic hydroxyl groups is 1. The van der Waals surface area contributed by atoms with E-state index in [9.17, 15) is 28.6 Å². The molecule has 3 rings (SSSR count). The van der Waals surface area contributed by atoms with Crippen LogP contribution in [0.15, 0.2) is 18.5 Å². The maximum atomic E-state index is 11.9. The molecule has 2 aromatic rings. The normalized spacial score (nSPS) is 30.3. The average Bonchev–Trinajstić information content (AvgIpc) is 3.11. The van der Waals surface area contributed by atoms with Crippen LogP contribution in [0.4, 0.5) is 5.82 Å². The number of rotatable bonds is 8. The molecule has 0 saturated carbocycles. The fourth-order valence-electron chi connectivity index (χ4n) is 3.07. The summed E-state index contributed by atoms with van der Waals surface area (Å²) >= 11 is 0. The number of phosphoric ester groups is 1. The molecule has 0 bridgehead atoms. The highest BCUT2D eigenvalue weighted by Gasteiger charge is 2.53. The molecule has 1 aliphatic heterocycles. The highest BCUT2D eigenvalue weighted by Crippen LogP contribution is 2.66. The Morgan fingerprint density at radius 3 is 2.50 bits per heavy atom. The summed E-state index contributed by atoms with van der Waals surface area (Å²) in [6.45, 7) is 0.561. The molecule has 0 spiro atoms. The van der Waals surface area contributed by atoms with Crippen molar-refractivity contribution in [1.82, 2.24) is 14.6 Å². The number of hydrogen-bond acceptors (Lipinski definition) is 12. The largest absolute Gasteiger partial charge is 0.490 e. The van der Waals surface area contributed by atoms with Gasteiger partial charge in [-0.3, -0.25) is 4.52 Å². The molecule has 3 heterocycles. The van der Waals surface area contributed by atoms with Crippen LogP contribution in [0.1, 0.15) is 18.6 Å².